The predicted molar refractivity (Wildman–Crippen MR) is 94.7 cm³/mol. The summed E-state index contributed by atoms with van der Waals surface area (Å²) >= 11 is 1.58. The number of benzene rings is 1. The van der Waals surface area contributed by atoms with Gasteiger partial charge in [0.05, 0.1) is 5.25 Å². The van der Waals surface area contributed by atoms with Crippen molar-refractivity contribution in [3.63, 3.8) is 0 Å². The van der Waals surface area contributed by atoms with Crippen LogP contribution in [0.25, 0.3) is 0 Å². The minimum atomic E-state index is -0.118. The van der Waals surface area contributed by atoms with E-state index in [2.05, 4.69) is 22.3 Å². The molecule has 0 saturated carbocycles. The summed E-state index contributed by atoms with van der Waals surface area (Å²) in [6, 6.07) is 8.09. The predicted octanol–water partition coefficient (Wildman–Crippen LogP) is 2.98. The second kappa shape index (κ2) is 8.44. The molecule has 22 heavy (non-hydrogen) atoms. The van der Waals surface area contributed by atoms with Crippen molar-refractivity contribution in [2.24, 2.45) is 5.92 Å². The van der Waals surface area contributed by atoms with Crippen molar-refractivity contribution in [3.8, 4) is 0 Å². The molecular weight excluding hydrogens is 296 g/mol. The number of rotatable bonds is 7. The zero-order valence-corrected chi connectivity index (χ0v) is 14.2. The first-order valence-corrected chi connectivity index (χ1v) is 9.03. The van der Waals surface area contributed by atoms with E-state index in [1.165, 1.54) is 18.5 Å². The van der Waals surface area contributed by atoms with Crippen LogP contribution >= 0.6 is 11.8 Å². The Labute approximate surface area is 137 Å². The molecule has 0 bridgehead atoms. The molecular formula is C17H26N2O2S. The minimum absolute atomic E-state index is 0.0177. The zero-order chi connectivity index (χ0) is 15.9. The Morgan fingerprint density at radius 2 is 1.91 bits per heavy atom. The highest BCUT2D eigenvalue weighted by molar-refractivity contribution is 8.00. The summed E-state index contributed by atoms with van der Waals surface area (Å²) in [5.41, 5.74) is 2.07. The number of aliphatic hydroxyl groups is 1. The molecule has 0 spiro atoms. The molecule has 1 aliphatic heterocycles. The zero-order valence-electron chi connectivity index (χ0n) is 13.4. The molecule has 1 aromatic carbocycles. The van der Waals surface area contributed by atoms with Gasteiger partial charge in [0.2, 0.25) is 5.91 Å². The third kappa shape index (κ3) is 4.92. The number of nitrogens with zero attached hydrogens (tertiary/aromatic N) is 1. The van der Waals surface area contributed by atoms with Crippen molar-refractivity contribution in [2.45, 2.75) is 31.9 Å². The lowest BCUT2D eigenvalue weighted by molar-refractivity contribution is -0.115. The lowest BCUT2D eigenvalue weighted by Crippen LogP contribution is -2.24. The van der Waals surface area contributed by atoms with Crippen molar-refractivity contribution in [3.05, 3.63) is 24.3 Å². The highest BCUT2D eigenvalue weighted by atomic mass is 32.2. The molecule has 1 saturated heterocycles. The van der Waals surface area contributed by atoms with Crippen LogP contribution in [0.1, 0.15) is 26.7 Å². The summed E-state index contributed by atoms with van der Waals surface area (Å²) in [5, 5.41) is 11.9. The topological polar surface area (TPSA) is 52.6 Å². The van der Waals surface area contributed by atoms with Crippen molar-refractivity contribution < 1.29 is 9.90 Å². The fourth-order valence-corrected chi connectivity index (χ4v) is 3.34. The first-order valence-electron chi connectivity index (χ1n) is 7.98. The summed E-state index contributed by atoms with van der Waals surface area (Å²) in [7, 11) is 0. The first-order chi connectivity index (χ1) is 10.6. The molecule has 4 nitrogen and oxygen atoms in total. The molecule has 0 aliphatic carbocycles. The molecule has 2 atom stereocenters. The summed E-state index contributed by atoms with van der Waals surface area (Å²) in [4.78, 5) is 14.5. The van der Waals surface area contributed by atoms with Gasteiger partial charge in [-0.1, -0.05) is 6.92 Å². The van der Waals surface area contributed by atoms with E-state index < -0.39 is 0 Å². The molecule has 1 fully saturated rings. The van der Waals surface area contributed by atoms with Crippen molar-refractivity contribution >= 4 is 29.0 Å². The van der Waals surface area contributed by atoms with Crippen molar-refractivity contribution in [1.82, 2.24) is 0 Å². The van der Waals surface area contributed by atoms with E-state index in [0.29, 0.717) is 0 Å². The average molecular weight is 322 g/mol. The van der Waals surface area contributed by atoms with Crippen LogP contribution in [-0.4, -0.2) is 41.7 Å². The van der Waals surface area contributed by atoms with E-state index in [9.17, 15) is 4.79 Å². The summed E-state index contributed by atoms with van der Waals surface area (Å²) < 4.78 is 0. The van der Waals surface area contributed by atoms with E-state index in [1.54, 1.807) is 11.8 Å². The Hall–Kier alpha value is -1.20. The standard InChI is InChI=1S/C17H26N2O2S/c1-13(11-20)12-22-14(2)17(21)18-15-5-7-16(8-6-15)19-9-3-4-10-19/h5-8,13-14,20H,3-4,9-12H2,1-2H3,(H,18,21). The molecule has 1 aliphatic rings. The SMILES string of the molecule is CC(CO)CSC(C)C(=O)Nc1ccc(N2CCCC2)cc1. The monoisotopic (exact) mass is 322 g/mol. The fraction of sp³-hybridized carbons (Fsp3) is 0.588. The van der Waals surface area contributed by atoms with E-state index in [4.69, 9.17) is 5.11 Å². The maximum absolute atomic E-state index is 12.1. The smallest absolute Gasteiger partial charge is 0.237 e. The van der Waals surface area contributed by atoms with Gasteiger partial charge in [0.15, 0.2) is 0 Å². The van der Waals surface area contributed by atoms with Crippen LogP contribution in [-0.2, 0) is 4.79 Å². The molecule has 2 unspecified atom stereocenters. The highest BCUT2D eigenvalue weighted by Gasteiger charge is 2.16. The molecule has 1 heterocycles. The van der Waals surface area contributed by atoms with Gasteiger partial charge in [0.25, 0.3) is 0 Å². The lowest BCUT2D eigenvalue weighted by Gasteiger charge is -2.18. The Bertz CT molecular complexity index is 472. The second-order valence-corrected chi connectivity index (χ2v) is 7.37. The van der Waals surface area contributed by atoms with E-state index in [0.717, 1.165) is 24.5 Å². The van der Waals surface area contributed by atoms with E-state index >= 15 is 0 Å². The first kappa shape index (κ1) is 17.2. The number of amides is 1. The number of hydrogen-bond acceptors (Lipinski definition) is 4. The lowest BCUT2D eigenvalue weighted by atomic mass is 10.2. The quantitative estimate of drug-likeness (QED) is 0.810. The normalized spacial score (nSPS) is 17.3. The van der Waals surface area contributed by atoms with Crippen LogP contribution in [0.2, 0.25) is 0 Å². The van der Waals surface area contributed by atoms with Gasteiger partial charge in [-0.05, 0) is 55.7 Å². The maximum atomic E-state index is 12.1. The van der Waals surface area contributed by atoms with Gasteiger partial charge in [0.1, 0.15) is 0 Å². The molecule has 2 N–H and O–H groups in total. The van der Waals surface area contributed by atoms with Crippen LogP contribution in [0, 0.1) is 5.92 Å². The summed E-state index contributed by atoms with van der Waals surface area (Å²) in [6.07, 6.45) is 2.53. The van der Waals surface area contributed by atoms with Gasteiger partial charge in [-0.2, -0.15) is 0 Å². The van der Waals surface area contributed by atoms with Gasteiger partial charge in [-0.15, -0.1) is 11.8 Å². The minimum Gasteiger partial charge on any atom is -0.396 e. The van der Waals surface area contributed by atoms with Crippen LogP contribution in [0.3, 0.4) is 0 Å². The summed E-state index contributed by atoms with van der Waals surface area (Å²) in [6.45, 7) is 6.31. The Balaban J connectivity index is 1.83. The average Bonchev–Trinajstić information content (AvgIpc) is 3.07. The molecule has 5 heteroatoms. The van der Waals surface area contributed by atoms with Crippen molar-refractivity contribution in [2.75, 3.05) is 35.7 Å². The maximum Gasteiger partial charge on any atom is 0.237 e. The molecule has 1 aromatic rings. The van der Waals surface area contributed by atoms with Crippen LogP contribution in [0.5, 0.6) is 0 Å². The molecule has 1 amide bonds. The Morgan fingerprint density at radius 3 is 2.50 bits per heavy atom. The van der Waals surface area contributed by atoms with Crippen molar-refractivity contribution in [1.29, 1.82) is 0 Å². The van der Waals surface area contributed by atoms with Gasteiger partial charge in [-0.25, -0.2) is 0 Å². The van der Waals surface area contributed by atoms with Gasteiger partial charge in [-0.3, -0.25) is 4.79 Å². The van der Waals surface area contributed by atoms with E-state index in [1.807, 2.05) is 26.0 Å². The molecule has 0 aromatic heterocycles. The van der Waals surface area contributed by atoms with Crippen LogP contribution < -0.4 is 10.2 Å². The van der Waals surface area contributed by atoms with Crippen LogP contribution in [0.15, 0.2) is 24.3 Å². The number of carbonyl (C=O) groups is 1. The van der Waals surface area contributed by atoms with Crippen LogP contribution in [0.4, 0.5) is 11.4 Å². The van der Waals surface area contributed by atoms with E-state index in [-0.39, 0.29) is 23.7 Å². The number of anilines is 2. The number of carbonyl (C=O) groups excluding carboxylic acids is 1. The number of aliphatic hydroxyl groups excluding tert-OH is 1. The Morgan fingerprint density at radius 1 is 1.27 bits per heavy atom. The number of thioether (sulfide) groups is 1. The number of nitrogens with one attached hydrogen (secondary N) is 1. The third-order valence-electron chi connectivity index (χ3n) is 3.92. The summed E-state index contributed by atoms with van der Waals surface area (Å²) in [5.74, 6) is 1.03. The molecule has 2 rings (SSSR count). The highest BCUT2D eigenvalue weighted by Crippen LogP contribution is 2.23. The fourth-order valence-electron chi connectivity index (χ4n) is 2.41. The van der Waals surface area contributed by atoms with Gasteiger partial charge < -0.3 is 15.3 Å². The van der Waals surface area contributed by atoms with Gasteiger partial charge in [0, 0.05) is 31.1 Å². The second-order valence-electron chi connectivity index (χ2n) is 5.99. The molecule has 122 valence electrons. The third-order valence-corrected chi connectivity index (χ3v) is 5.39. The number of hydrogen-bond donors (Lipinski definition) is 2. The Kier molecular flexibility index (Phi) is 6.58. The van der Waals surface area contributed by atoms with Gasteiger partial charge >= 0.3 is 0 Å². The largest absolute Gasteiger partial charge is 0.396 e. The molecule has 0 radical (unpaired) electrons.